The Kier molecular flexibility index (Phi) is 4.20. The Morgan fingerprint density at radius 2 is 2.00 bits per heavy atom. The summed E-state index contributed by atoms with van der Waals surface area (Å²) < 4.78 is 22.7. The molecule has 0 radical (unpaired) electrons. The van der Waals surface area contributed by atoms with Crippen LogP contribution in [0.15, 0.2) is 0 Å². The van der Waals surface area contributed by atoms with Crippen LogP contribution in [-0.4, -0.2) is 55.0 Å². The number of hydrogen-bond acceptors (Lipinski definition) is 4. The summed E-state index contributed by atoms with van der Waals surface area (Å²) >= 11 is 0. The number of amides is 1. The molecule has 110 valence electrons. The first-order valence-corrected chi connectivity index (χ1v) is 8.79. The van der Waals surface area contributed by atoms with Crippen LogP contribution in [0.3, 0.4) is 0 Å². The van der Waals surface area contributed by atoms with Crippen LogP contribution in [0, 0.1) is 5.92 Å². The van der Waals surface area contributed by atoms with Crippen molar-refractivity contribution in [3.8, 4) is 0 Å². The van der Waals surface area contributed by atoms with Gasteiger partial charge in [-0.05, 0) is 25.2 Å². The number of carbonyl (C=O) groups excluding carboxylic acids is 1. The molecule has 5 nitrogen and oxygen atoms in total. The zero-order chi connectivity index (χ0) is 14.1. The van der Waals surface area contributed by atoms with Crippen LogP contribution < -0.4 is 0 Å². The van der Waals surface area contributed by atoms with Crippen LogP contribution in [0.1, 0.15) is 38.5 Å². The largest absolute Gasteiger partial charge is 0.388 e. The lowest BCUT2D eigenvalue weighted by Crippen LogP contribution is -2.42. The molecule has 1 atom stereocenters. The molecule has 1 unspecified atom stereocenters. The molecular formula is C13H23NO4S. The molecule has 1 aliphatic carbocycles. The fourth-order valence-corrected chi connectivity index (χ4v) is 5.02. The molecule has 6 heteroatoms. The van der Waals surface area contributed by atoms with E-state index in [4.69, 9.17) is 0 Å². The van der Waals surface area contributed by atoms with Crippen LogP contribution in [0.5, 0.6) is 0 Å². The van der Waals surface area contributed by atoms with Crippen molar-refractivity contribution in [1.82, 2.24) is 4.90 Å². The van der Waals surface area contributed by atoms with Gasteiger partial charge in [0.1, 0.15) is 0 Å². The molecule has 2 rings (SSSR count). The summed E-state index contributed by atoms with van der Waals surface area (Å²) in [6.07, 6.45) is 4.40. The first kappa shape index (κ1) is 14.8. The van der Waals surface area contributed by atoms with E-state index in [0.717, 1.165) is 25.7 Å². The van der Waals surface area contributed by atoms with Crippen molar-refractivity contribution in [1.29, 1.82) is 0 Å². The van der Waals surface area contributed by atoms with Crippen LogP contribution in [0.2, 0.25) is 0 Å². The number of carbonyl (C=O) groups is 1. The van der Waals surface area contributed by atoms with Gasteiger partial charge in [-0.2, -0.15) is 0 Å². The van der Waals surface area contributed by atoms with Crippen LogP contribution in [0.4, 0.5) is 0 Å². The van der Waals surface area contributed by atoms with Crippen LogP contribution in [0.25, 0.3) is 0 Å². The number of likely N-dealkylation sites (N-methyl/N-ethyl adjacent to an activating group) is 1. The monoisotopic (exact) mass is 289 g/mol. The predicted molar refractivity (Wildman–Crippen MR) is 72.4 cm³/mol. The van der Waals surface area contributed by atoms with Gasteiger partial charge >= 0.3 is 0 Å². The van der Waals surface area contributed by atoms with Gasteiger partial charge in [0, 0.05) is 20.0 Å². The van der Waals surface area contributed by atoms with Gasteiger partial charge in [0.15, 0.2) is 9.84 Å². The van der Waals surface area contributed by atoms with Gasteiger partial charge in [0.2, 0.25) is 5.91 Å². The van der Waals surface area contributed by atoms with E-state index in [-0.39, 0.29) is 29.8 Å². The maximum Gasteiger partial charge on any atom is 0.222 e. The van der Waals surface area contributed by atoms with E-state index in [1.54, 1.807) is 11.9 Å². The highest BCUT2D eigenvalue weighted by Gasteiger charge is 2.35. The van der Waals surface area contributed by atoms with Crippen LogP contribution in [-0.2, 0) is 14.6 Å². The van der Waals surface area contributed by atoms with Gasteiger partial charge < -0.3 is 10.0 Å². The SMILES string of the molecule is CN(CC1(O)CCCC1)C(=O)CC1CCS(=O)(=O)C1. The zero-order valence-electron chi connectivity index (χ0n) is 11.5. The highest BCUT2D eigenvalue weighted by molar-refractivity contribution is 7.91. The van der Waals surface area contributed by atoms with E-state index in [1.165, 1.54) is 0 Å². The number of aliphatic hydroxyl groups is 1. The number of rotatable bonds is 4. The first-order chi connectivity index (χ1) is 8.80. The number of sulfone groups is 1. The summed E-state index contributed by atoms with van der Waals surface area (Å²) in [5.41, 5.74) is -0.730. The van der Waals surface area contributed by atoms with Crippen molar-refractivity contribution < 1.29 is 18.3 Å². The fourth-order valence-electron chi connectivity index (χ4n) is 3.16. The third kappa shape index (κ3) is 3.92. The summed E-state index contributed by atoms with van der Waals surface area (Å²) in [4.78, 5) is 13.6. The minimum Gasteiger partial charge on any atom is -0.388 e. The maximum atomic E-state index is 12.1. The van der Waals surface area contributed by atoms with Gasteiger partial charge in [-0.25, -0.2) is 8.42 Å². The summed E-state index contributed by atoms with van der Waals surface area (Å²) in [6, 6.07) is 0. The average Bonchev–Trinajstić information content (AvgIpc) is 2.85. The van der Waals surface area contributed by atoms with Gasteiger partial charge in [-0.3, -0.25) is 4.79 Å². The van der Waals surface area contributed by atoms with Crippen molar-refractivity contribution in [2.45, 2.75) is 44.1 Å². The zero-order valence-corrected chi connectivity index (χ0v) is 12.3. The van der Waals surface area contributed by atoms with Gasteiger partial charge in [-0.1, -0.05) is 12.8 Å². The predicted octanol–water partition coefficient (Wildman–Crippen LogP) is 0.575. The molecule has 1 heterocycles. The normalized spacial score (nSPS) is 28.4. The smallest absolute Gasteiger partial charge is 0.222 e. The lowest BCUT2D eigenvalue weighted by molar-refractivity contribution is -0.134. The maximum absolute atomic E-state index is 12.1. The summed E-state index contributed by atoms with van der Waals surface area (Å²) in [5, 5.41) is 10.3. The molecule has 0 aromatic carbocycles. The standard InChI is InChI=1S/C13H23NO4S/c1-14(10-13(16)5-2-3-6-13)12(15)8-11-4-7-19(17,18)9-11/h11,16H,2-10H2,1H3. The highest BCUT2D eigenvalue weighted by Crippen LogP contribution is 2.30. The number of hydrogen-bond donors (Lipinski definition) is 1. The second kappa shape index (κ2) is 5.40. The second-order valence-corrected chi connectivity index (χ2v) is 8.38. The summed E-state index contributed by atoms with van der Waals surface area (Å²) in [7, 11) is -1.22. The Morgan fingerprint density at radius 3 is 2.53 bits per heavy atom. The Morgan fingerprint density at radius 1 is 1.37 bits per heavy atom. The number of nitrogens with zero attached hydrogens (tertiary/aromatic N) is 1. The van der Waals surface area contributed by atoms with E-state index >= 15 is 0 Å². The molecule has 19 heavy (non-hydrogen) atoms. The molecule has 0 bridgehead atoms. The Labute approximate surface area is 114 Å². The lowest BCUT2D eigenvalue weighted by atomic mass is 10.0. The average molecular weight is 289 g/mol. The van der Waals surface area contributed by atoms with E-state index in [0.29, 0.717) is 13.0 Å². The molecule has 0 aromatic heterocycles. The van der Waals surface area contributed by atoms with Gasteiger partial charge in [-0.15, -0.1) is 0 Å². The van der Waals surface area contributed by atoms with Crippen molar-refractivity contribution >= 4 is 15.7 Å². The third-order valence-electron chi connectivity index (χ3n) is 4.28. The van der Waals surface area contributed by atoms with Gasteiger partial charge in [0.25, 0.3) is 0 Å². The van der Waals surface area contributed by atoms with E-state index in [1.807, 2.05) is 0 Å². The minimum absolute atomic E-state index is 0.0434. The Hall–Kier alpha value is -0.620. The topological polar surface area (TPSA) is 74.7 Å². The quantitative estimate of drug-likeness (QED) is 0.821. The molecule has 1 saturated carbocycles. The fraction of sp³-hybridized carbons (Fsp3) is 0.923. The summed E-state index contributed by atoms with van der Waals surface area (Å²) in [6.45, 7) is 0.366. The molecule has 1 N–H and O–H groups in total. The highest BCUT2D eigenvalue weighted by atomic mass is 32.2. The molecule has 2 fully saturated rings. The van der Waals surface area contributed by atoms with Crippen LogP contribution >= 0.6 is 0 Å². The molecule has 1 saturated heterocycles. The molecule has 0 aromatic rings. The third-order valence-corrected chi connectivity index (χ3v) is 6.12. The second-order valence-electron chi connectivity index (χ2n) is 6.15. The Balaban J connectivity index is 1.83. The molecule has 1 aliphatic heterocycles. The molecule has 1 amide bonds. The Bertz CT molecular complexity index is 440. The van der Waals surface area contributed by atoms with E-state index in [2.05, 4.69) is 0 Å². The summed E-state index contributed by atoms with van der Waals surface area (Å²) in [5.74, 6) is 0.246. The minimum atomic E-state index is -2.92. The van der Waals surface area contributed by atoms with Crippen molar-refractivity contribution in [3.63, 3.8) is 0 Å². The first-order valence-electron chi connectivity index (χ1n) is 6.96. The molecule has 0 spiro atoms. The molecule has 2 aliphatic rings. The van der Waals surface area contributed by atoms with Crippen molar-refractivity contribution in [2.24, 2.45) is 5.92 Å². The van der Waals surface area contributed by atoms with Gasteiger partial charge in [0.05, 0.1) is 17.1 Å². The lowest BCUT2D eigenvalue weighted by Gasteiger charge is -2.29. The van der Waals surface area contributed by atoms with E-state index < -0.39 is 15.4 Å². The molecular weight excluding hydrogens is 266 g/mol. The van der Waals surface area contributed by atoms with E-state index in [9.17, 15) is 18.3 Å². The van der Waals surface area contributed by atoms with Crippen molar-refractivity contribution in [2.75, 3.05) is 25.1 Å². The van der Waals surface area contributed by atoms with Crippen molar-refractivity contribution in [3.05, 3.63) is 0 Å².